The Balaban J connectivity index is 1.51. The van der Waals surface area contributed by atoms with Crippen LogP contribution in [0.4, 0.5) is 11.8 Å². The van der Waals surface area contributed by atoms with Crippen LogP contribution in [0.1, 0.15) is 49.8 Å². The second-order valence-corrected chi connectivity index (χ2v) is 8.29. The smallest absolute Gasteiger partial charge is 0.224 e. The molecule has 1 heterocycles. The molecule has 2 aromatic rings. The SMILES string of the molecule is COc1cccc([C@@H](C)NC(=O)[C@H]2CC[C@@H](Nc3ncc(C)c(N(C)C)n3)CC2)c1. The lowest BCUT2D eigenvalue weighted by Gasteiger charge is -2.29. The van der Waals surface area contributed by atoms with Crippen LogP contribution in [0, 0.1) is 12.8 Å². The normalized spacial score (nSPS) is 19.6. The fourth-order valence-corrected chi connectivity index (χ4v) is 3.96. The van der Waals surface area contributed by atoms with Gasteiger partial charge >= 0.3 is 0 Å². The van der Waals surface area contributed by atoms with E-state index in [1.54, 1.807) is 7.11 Å². The van der Waals surface area contributed by atoms with Gasteiger partial charge in [0.15, 0.2) is 0 Å². The molecule has 162 valence electrons. The maximum absolute atomic E-state index is 12.8. The van der Waals surface area contributed by atoms with Crippen LogP contribution in [-0.4, -0.2) is 43.1 Å². The summed E-state index contributed by atoms with van der Waals surface area (Å²) < 4.78 is 5.28. The molecule has 0 bridgehead atoms. The number of carbonyl (C=O) groups is 1. The Labute approximate surface area is 179 Å². The fraction of sp³-hybridized carbons (Fsp3) is 0.522. The highest BCUT2D eigenvalue weighted by Crippen LogP contribution is 2.28. The van der Waals surface area contributed by atoms with Gasteiger partial charge in [-0.2, -0.15) is 4.98 Å². The van der Waals surface area contributed by atoms with Gasteiger partial charge in [0.2, 0.25) is 11.9 Å². The van der Waals surface area contributed by atoms with Gasteiger partial charge in [0, 0.05) is 37.8 Å². The lowest BCUT2D eigenvalue weighted by Crippen LogP contribution is -2.37. The summed E-state index contributed by atoms with van der Waals surface area (Å²) in [5, 5.41) is 6.61. The molecular formula is C23H33N5O2. The Morgan fingerprint density at radius 2 is 1.97 bits per heavy atom. The minimum absolute atomic E-state index is 0.0474. The van der Waals surface area contributed by atoms with Crippen LogP contribution in [0.2, 0.25) is 0 Å². The summed E-state index contributed by atoms with van der Waals surface area (Å²) in [6, 6.07) is 8.08. The topological polar surface area (TPSA) is 79.4 Å². The molecule has 1 aromatic heterocycles. The molecule has 7 heteroatoms. The molecule has 1 fully saturated rings. The zero-order valence-corrected chi connectivity index (χ0v) is 18.6. The van der Waals surface area contributed by atoms with Crippen molar-refractivity contribution in [3.8, 4) is 5.75 Å². The van der Waals surface area contributed by atoms with Gasteiger partial charge in [0.05, 0.1) is 13.2 Å². The first-order chi connectivity index (χ1) is 14.4. The Morgan fingerprint density at radius 1 is 1.23 bits per heavy atom. The van der Waals surface area contributed by atoms with E-state index >= 15 is 0 Å². The van der Waals surface area contributed by atoms with Gasteiger partial charge in [0.1, 0.15) is 11.6 Å². The van der Waals surface area contributed by atoms with Crippen molar-refractivity contribution >= 4 is 17.7 Å². The third kappa shape index (κ3) is 5.40. The lowest BCUT2D eigenvalue weighted by atomic mass is 9.85. The molecule has 1 atom stereocenters. The highest BCUT2D eigenvalue weighted by Gasteiger charge is 2.27. The number of ether oxygens (including phenoxy) is 1. The predicted molar refractivity (Wildman–Crippen MR) is 120 cm³/mol. The van der Waals surface area contributed by atoms with Crippen molar-refractivity contribution in [2.75, 3.05) is 31.4 Å². The van der Waals surface area contributed by atoms with Crippen LogP contribution in [0.5, 0.6) is 5.75 Å². The number of rotatable bonds is 7. The summed E-state index contributed by atoms with van der Waals surface area (Å²) >= 11 is 0. The number of amides is 1. The quantitative estimate of drug-likeness (QED) is 0.723. The molecule has 0 unspecified atom stereocenters. The van der Waals surface area contributed by atoms with Crippen molar-refractivity contribution in [3.05, 3.63) is 41.6 Å². The van der Waals surface area contributed by atoms with Crippen LogP contribution >= 0.6 is 0 Å². The average molecular weight is 412 g/mol. The number of anilines is 2. The maximum atomic E-state index is 12.8. The van der Waals surface area contributed by atoms with Crippen molar-refractivity contribution in [1.82, 2.24) is 15.3 Å². The monoisotopic (exact) mass is 411 g/mol. The minimum atomic E-state index is -0.0474. The summed E-state index contributed by atoms with van der Waals surface area (Å²) in [5.74, 6) is 2.56. The Kier molecular flexibility index (Phi) is 7.13. The van der Waals surface area contributed by atoms with E-state index in [0.717, 1.165) is 48.4 Å². The zero-order valence-electron chi connectivity index (χ0n) is 18.6. The highest BCUT2D eigenvalue weighted by molar-refractivity contribution is 5.79. The Bertz CT molecular complexity index is 862. The van der Waals surface area contributed by atoms with E-state index in [1.165, 1.54) is 0 Å². The van der Waals surface area contributed by atoms with Gasteiger partial charge in [-0.3, -0.25) is 4.79 Å². The van der Waals surface area contributed by atoms with Gasteiger partial charge in [-0.25, -0.2) is 4.98 Å². The number of aromatic nitrogens is 2. The van der Waals surface area contributed by atoms with Crippen molar-refractivity contribution in [2.24, 2.45) is 5.92 Å². The molecule has 1 amide bonds. The van der Waals surface area contributed by atoms with Crippen LogP contribution in [0.25, 0.3) is 0 Å². The van der Waals surface area contributed by atoms with Gasteiger partial charge in [-0.05, 0) is 57.2 Å². The average Bonchev–Trinajstić information content (AvgIpc) is 2.75. The van der Waals surface area contributed by atoms with Gasteiger partial charge < -0.3 is 20.3 Å². The number of methoxy groups -OCH3 is 1. The molecule has 1 aliphatic rings. The second-order valence-electron chi connectivity index (χ2n) is 8.29. The van der Waals surface area contributed by atoms with E-state index in [0.29, 0.717) is 12.0 Å². The van der Waals surface area contributed by atoms with Crippen molar-refractivity contribution < 1.29 is 9.53 Å². The number of carbonyl (C=O) groups excluding carboxylic acids is 1. The number of aryl methyl sites for hydroxylation is 1. The molecule has 30 heavy (non-hydrogen) atoms. The van der Waals surface area contributed by atoms with E-state index in [4.69, 9.17) is 4.74 Å². The summed E-state index contributed by atoms with van der Waals surface area (Å²) in [5.41, 5.74) is 2.10. The van der Waals surface area contributed by atoms with E-state index < -0.39 is 0 Å². The largest absolute Gasteiger partial charge is 0.497 e. The molecule has 0 aliphatic heterocycles. The number of benzene rings is 1. The summed E-state index contributed by atoms with van der Waals surface area (Å²) in [4.78, 5) is 23.8. The number of nitrogens with one attached hydrogen (secondary N) is 2. The van der Waals surface area contributed by atoms with Crippen LogP contribution < -0.4 is 20.3 Å². The van der Waals surface area contributed by atoms with E-state index in [9.17, 15) is 4.79 Å². The van der Waals surface area contributed by atoms with E-state index in [-0.39, 0.29) is 17.9 Å². The van der Waals surface area contributed by atoms with Crippen molar-refractivity contribution in [1.29, 1.82) is 0 Å². The number of hydrogen-bond donors (Lipinski definition) is 2. The highest BCUT2D eigenvalue weighted by atomic mass is 16.5. The molecule has 1 aliphatic carbocycles. The van der Waals surface area contributed by atoms with Gasteiger partial charge in [-0.1, -0.05) is 12.1 Å². The molecule has 7 nitrogen and oxygen atoms in total. The van der Waals surface area contributed by atoms with Gasteiger partial charge in [-0.15, -0.1) is 0 Å². The van der Waals surface area contributed by atoms with Crippen LogP contribution in [0.15, 0.2) is 30.5 Å². The van der Waals surface area contributed by atoms with E-state index in [1.807, 2.05) is 63.3 Å². The first-order valence-electron chi connectivity index (χ1n) is 10.6. The molecule has 0 saturated heterocycles. The number of hydrogen-bond acceptors (Lipinski definition) is 6. The molecular weight excluding hydrogens is 378 g/mol. The lowest BCUT2D eigenvalue weighted by molar-refractivity contribution is -0.126. The molecule has 2 N–H and O–H groups in total. The summed E-state index contributed by atoms with van der Waals surface area (Å²) in [6.07, 6.45) is 5.44. The number of nitrogens with zero attached hydrogens (tertiary/aromatic N) is 3. The van der Waals surface area contributed by atoms with E-state index in [2.05, 4.69) is 20.6 Å². The molecule has 0 spiro atoms. The third-order valence-electron chi connectivity index (χ3n) is 5.75. The van der Waals surface area contributed by atoms with Crippen molar-refractivity contribution in [3.63, 3.8) is 0 Å². The zero-order chi connectivity index (χ0) is 21.7. The minimum Gasteiger partial charge on any atom is -0.497 e. The predicted octanol–water partition coefficient (Wildman–Crippen LogP) is 3.71. The Morgan fingerprint density at radius 3 is 2.63 bits per heavy atom. The molecule has 0 radical (unpaired) electrons. The molecule has 1 aromatic carbocycles. The van der Waals surface area contributed by atoms with Crippen molar-refractivity contribution in [2.45, 2.75) is 51.6 Å². The summed E-state index contributed by atoms with van der Waals surface area (Å²) in [7, 11) is 5.61. The third-order valence-corrected chi connectivity index (χ3v) is 5.75. The molecule has 3 rings (SSSR count). The first kappa shape index (κ1) is 21.9. The maximum Gasteiger partial charge on any atom is 0.224 e. The summed E-state index contributed by atoms with van der Waals surface area (Å²) in [6.45, 7) is 4.02. The fourth-order valence-electron chi connectivity index (χ4n) is 3.96. The molecule has 1 saturated carbocycles. The first-order valence-corrected chi connectivity index (χ1v) is 10.6. The Hall–Kier alpha value is -2.83. The second kappa shape index (κ2) is 9.78. The van der Waals surface area contributed by atoms with Crippen LogP contribution in [0.3, 0.4) is 0 Å². The van der Waals surface area contributed by atoms with Crippen LogP contribution in [-0.2, 0) is 4.79 Å². The standard InChI is InChI=1S/C23H33N5O2/c1-15-14-24-23(27-21(15)28(3)4)26-19-11-9-17(10-12-19)22(29)25-16(2)18-7-6-8-20(13-18)30-5/h6-8,13-14,16-17,19H,9-12H2,1-5H3,(H,25,29)(H,24,26,27)/t16-,17-,19+/m1/s1. The van der Waals surface area contributed by atoms with Gasteiger partial charge in [0.25, 0.3) is 0 Å².